The van der Waals surface area contributed by atoms with Crippen LogP contribution in [0.2, 0.25) is 0 Å². The predicted molar refractivity (Wildman–Crippen MR) is 108 cm³/mol. The van der Waals surface area contributed by atoms with Gasteiger partial charge in [0.15, 0.2) is 0 Å². The molecule has 1 aromatic carbocycles. The maximum atomic E-state index is 14.0. The lowest BCUT2D eigenvalue weighted by molar-refractivity contribution is 0.446. The Morgan fingerprint density at radius 2 is 1.92 bits per heavy atom. The van der Waals surface area contributed by atoms with Crippen molar-refractivity contribution in [1.29, 1.82) is 0 Å². The van der Waals surface area contributed by atoms with Crippen molar-refractivity contribution in [3.8, 4) is 0 Å². The third kappa shape index (κ3) is 2.66. The van der Waals surface area contributed by atoms with E-state index in [1.54, 1.807) is 0 Å². The normalized spacial score (nSPS) is 27.9. The minimum atomic E-state index is 0.0110. The van der Waals surface area contributed by atoms with Gasteiger partial charge < -0.3 is 4.90 Å². The number of allylic oxidation sites excluding steroid dienone is 6. The van der Waals surface area contributed by atoms with E-state index in [2.05, 4.69) is 69.9 Å². The summed E-state index contributed by atoms with van der Waals surface area (Å²) in [5.74, 6) is 0.341. The van der Waals surface area contributed by atoms with Gasteiger partial charge in [0.05, 0.1) is 0 Å². The molecule has 4 rings (SSSR count). The Morgan fingerprint density at radius 1 is 1.19 bits per heavy atom. The lowest BCUT2D eigenvalue weighted by atomic mass is 9.75. The van der Waals surface area contributed by atoms with Crippen LogP contribution in [0.15, 0.2) is 59.6 Å². The largest absolute Gasteiger partial charge is 0.342 e. The van der Waals surface area contributed by atoms with Crippen molar-refractivity contribution in [2.45, 2.75) is 59.9 Å². The summed E-state index contributed by atoms with van der Waals surface area (Å²) in [4.78, 5) is 2.54. The third-order valence-corrected chi connectivity index (χ3v) is 6.10. The smallest absolute Gasteiger partial charge is 0.100 e. The first-order chi connectivity index (χ1) is 12.2. The Bertz CT molecular complexity index is 821. The first-order valence-corrected chi connectivity index (χ1v) is 9.89. The van der Waals surface area contributed by atoms with Crippen LogP contribution < -0.4 is 4.90 Å². The maximum absolute atomic E-state index is 14.0. The van der Waals surface area contributed by atoms with E-state index in [0.717, 1.165) is 12.8 Å². The molecule has 2 heteroatoms. The summed E-state index contributed by atoms with van der Waals surface area (Å²) in [5.41, 5.74) is 5.73. The molecule has 2 atom stereocenters. The van der Waals surface area contributed by atoms with Gasteiger partial charge in [0.1, 0.15) is 5.83 Å². The number of halogens is 1. The molecule has 0 amide bonds. The number of nitrogens with zero attached hydrogens (tertiary/aromatic N) is 1. The van der Waals surface area contributed by atoms with Crippen LogP contribution in [0.5, 0.6) is 0 Å². The summed E-state index contributed by atoms with van der Waals surface area (Å²) in [7, 11) is 0. The first-order valence-electron chi connectivity index (χ1n) is 9.89. The van der Waals surface area contributed by atoms with Crippen molar-refractivity contribution in [1.82, 2.24) is 0 Å². The number of anilines is 1. The minimum Gasteiger partial charge on any atom is -0.342 e. The lowest BCUT2D eigenvalue weighted by Crippen LogP contribution is -2.41. The molecule has 0 saturated heterocycles. The summed E-state index contributed by atoms with van der Waals surface area (Å²) >= 11 is 0. The second kappa shape index (κ2) is 5.84. The minimum absolute atomic E-state index is 0.0110. The van der Waals surface area contributed by atoms with Crippen LogP contribution in [0.3, 0.4) is 0 Å². The summed E-state index contributed by atoms with van der Waals surface area (Å²) < 4.78 is 14.0. The van der Waals surface area contributed by atoms with Crippen molar-refractivity contribution >= 4 is 5.69 Å². The molecule has 0 aromatic heterocycles. The van der Waals surface area contributed by atoms with Gasteiger partial charge in [-0.15, -0.1) is 0 Å². The molecule has 0 N–H and O–H groups in total. The van der Waals surface area contributed by atoms with Crippen molar-refractivity contribution in [3.63, 3.8) is 0 Å². The molecule has 1 heterocycles. The van der Waals surface area contributed by atoms with E-state index in [0.29, 0.717) is 18.4 Å². The lowest BCUT2D eigenvalue weighted by Gasteiger charge is -2.45. The fourth-order valence-corrected chi connectivity index (χ4v) is 4.99. The van der Waals surface area contributed by atoms with Gasteiger partial charge in [0.25, 0.3) is 0 Å². The van der Waals surface area contributed by atoms with E-state index < -0.39 is 0 Å². The molecule has 0 bridgehead atoms. The van der Waals surface area contributed by atoms with Gasteiger partial charge >= 0.3 is 0 Å². The Hall–Kier alpha value is -1.83. The number of hydrogen-bond acceptors (Lipinski definition) is 1. The van der Waals surface area contributed by atoms with Crippen molar-refractivity contribution in [3.05, 3.63) is 65.2 Å². The molecular weight excluding hydrogens is 321 g/mol. The highest BCUT2D eigenvalue weighted by molar-refractivity contribution is 5.66. The maximum Gasteiger partial charge on any atom is 0.100 e. The van der Waals surface area contributed by atoms with E-state index in [4.69, 9.17) is 0 Å². The topological polar surface area (TPSA) is 3.24 Å². The van der Waals surface area contributed by atoms with Crippen LogP contribution in [0.25, 0.3) is 0 Å². The fourth-order valence-electron chi connectivity index (χ4n) is 4.99. The van der Waals surface area contributed by atoms with Crippen molar-refractivity contribution < 1.29 is 4.39 Å². The quantitative estimate of drug-likeness (QED) is 0.544. The molecule has 1 fully saturated rings. The van der Waals surface area contributed by atoms with Crippen molar-refractivity contribution in [2.75, 3.05) is 4.90 Å². The zero-order chi connectivity index (χ0) is 18.7. The molecule has 0 radical (unpaired) electrons. The van der Waals surface area contributed by atoms with E-state index in [9.17, 15) is 4.39 Å². The second-order valence-electron chi connectivity index (χ2n) is 9.42. The van der Waals surface area contributed by atoms with Gasteiger partial charge in [-0.25, -0.2) is 4.39 Å². The van der Waals surface area contributed by atoms with Crippen LogP contribution >= 0.6 is 0 Å². The Kier molecular flexibility index (Phi) is 3.95. The highest BCUT2D eigenvalue weighted by Gasteiger charge is 2.56. The molecular formula is C24H30FN. The van der Waals surface area contributed by atoms with Gasteiger partial charge in [0.2, 0.25) is 0 Å². The molecule has 1 nitrogen and oxygen atoms in total. The van der Waals surface area contributed by atoms with Crippen LogP contribution in [-0.4, -0.2) is 6.04 Å². The molecule has 138 valence electrons. The molecule has 1 aromatic rings. The average Bonchev–Trinajstić information content (AvgIpc) is 3.26. The summed E-state index contributed by atoms with van der Waals surface area (Å²) in [6.07, 6.45) is 8.71. The summed E-state index contributed by atoms with van der Waals surface area (Å²) in [6.45, 7) is 11.5. The predicted octanol–water partition coefficient (Wildman–Crippen LogP) is 6.58. The molecule has 1 aliphatic heterocycles. The first kappa shape index (κ1) is 17.6. The van der Waals surface area contributed by atoms with E-state index in [-0.39, 0.29) is 16.7 Å². The highest BCUT2D eigenvalue weighted by atomic mass is 19.1. The van der Waals surface area contributed by atoms with Gasteiger partial charge in [-0.1, -0.05) is 51.1 Å². The van der Waals surface area contributed by atoms with Crippen molar-refractivity contribution in [2.24, 2.45) is 16.7 Å². The Balaban J connectivity index is 1.93. The molecule has 26 heavy (non-hydrogen) atoms. The number of fused-ring (bicyclic) bond motifs is 2. The van der Waals surface area contributed by atoms with E-state index in [1.807, 2.05) is 12.2 Å². The van der Waals surface area contributed by atoms with Crippen LogP contribution in [0.1, 0.15) is 53.0 Å². The number of benzene rings is 1. The Labute approximate surface area is 157 Å². The summed E-state index contributed by atoms with van der Waals surface area (Å²) in [6, 6.07) is 9.18. The van der Waals surface area contributed by atoms with E-state index >= 15 is 0 Å². The Morgan fingerprint density at radius 3 is 2.62 bits per heavy atom. The number of hydrogen-bond donors (Lipinski definition) is 0. The highest BCUT2D eigenvalue weighted by Crippen LogP contribution is 2.65. The monoisotopic (exact) mass is 351 g/mol. The zero-order valence-corrected chi connectivity index (χ0v) is 16.6. The molecule has 2 aliphatic carbocycles. The third-order valence-electron chi connectivity index (χ3n) is 6.10. The SMILES string of the molecule is CC(C)N1C(C(C)(C)C)=C(C23C=CCC(F)=CC2C3)Cc2ccccc21. The standard InChI is InChI=1S/C24H30FN/c1-16(2)26-21-11-7-6-9-17(21)13-20(22(26)23(3,4)5)24-12-8-10-19(25)14-18(24)15-24/h6-9,11-12,14,16,18H,10,13,15H2,1-5H3. The second-order valence-corrected chi connectivity index (χ2v) is 9.42. The van der Waals surface area contributed by atoms with Gasteiger partial charge in [-0.2, -0.15) is 0 Å². The van der Waals surface area contributed by atoms with Gasteiger partial charge in [-0.05, 0) is 55.9 Å². The van der Waals surface area contributed by atoms with Gasteiger partial charge in [0, 0.05) is 34.7 Å². The van der Waals surface area contributed by atoms with Crippen LogP contribution in [0.4, 0.5) is 10.1 Å². The van der Waals surface area contributed by atoms with Crippen LogP contribution in [0, 0.1) is 16.7 Å². The average molecular weight is 352 g/mol. The molecule has 3 aliphatic rings. The van der Waals surface area contributed by atoms with E-state index in [1.165, 1.54) is 22.5 Å². The summed E-state index contributed by atoms with van der Waals surface area (Å²) in [5, 5.41) is 0. The van der Waals surface area contributed by atoms with Gasteiger partial charge in [-0.3, -0.25) is 0 Å². The fraction of sp³-hybridized carbons (Fsp3) is 0.500. The number of rotatable bonds is 2. The molecule has 1 saturated carbocycles. The molecule has 0 spiro atoms. The van der Waals surface area contributed by atoms with Crippen LogP contribution in [-0.2, 0) is 6.42 Å². The zero-order valence-electron chi connectivity index (χ0n) is 16.6. The molecule has 2 unspecified atom stereocenters. The number of para-hydroxylation sites is 1.